The molecule has 0 aromatic heterocycles. The van der Waals surface area contributed by atoms with Crippen molar-refractivity contribution in [3.63, 3.8) is 0 Å². The van der Waals surface area contributed by atoms with E-state index in [0.717, 1.165) is 5.75 Å². The summed E-state index contributed by atoms with van der Waals surface area (Å²) in [4.78, 5) is 12.0. The van der Waals surface area contributed by atoms with E-state index in [2.05, 4.69) is 6.58 Å². The van der Waals surface area contributed by atoms with Crippen molar-refractivity contribution in [1.82, 2.24) is 0 Å². The maximum atomic E-state index is 12.0. The molecule has 104 valence electrons. The fourth-order valence-corrected chi connectivity index (χ4v) is 1.50. The van der Waals surface area contributed by atoms with Crippen molar-refractivity contribution in [2.24, 2.45) is 0 Å². The second-order valence-corrected chi connectivity index (χ2v) is 4.16. The molecule has 0 saturated heterocycles. The van der Waals surface area contributed by atoms with Gasteiger partial charge in [-0.25, -0.2) is 0 Å². The Morgan fingerprint density at radius 2 is 1.45 bits per heavy atom. The summed E-state index contributed by atoms with van der Waals surface area (Å²) >= 11 is 0. The number of hydrogen-bond acceptors (Lipinski definition) is 3. The highest BCUT2D eigenvalue weighted by Gasteiger charge is 2.07. The summed E-state index contributed by atoms with van der Waals surface area (Å²) in [6.07, 6.45) is 0. The van der Waals surface area contributed by atoms with Crippen molar-refractivity contribution in [3.05, 3.63) is 78.1 Å². The molecule has 1 N–H and O–H groups in total. The largest absolute Gasteiger partial charge is 0.513 e. The number of carbonyl (C=O) groups excluding carboxylic acids is 1. The monoisotopic (exact) mass is 270 g/mol. The molecule has 0 radical (unpaired) electrons. The number of aliphatic hydroxyl groups is 1. The van der Waals surface area contributed by atoms with Gasteiger partial charge in [-0.05, 0) is 31.2 Å². The van der Waals surface area contributed by atoms with Gasteiger partial charge in [-0.15, -0.1) is 0 Å². The fourth-order valence-electron chi connectivity index (χ4n) is 1.50. The zero-order valence-electron chi connectivity index (χ0n) is 11.7. The van der Waals surface area contributed by atoms with Crippen molar-refractivity contribution in [1.29, 1.82) is 0 Å². The summed E-state index contributed by atoms with van der Waals surface area (Å²) in [5.74, 6) is 0.952. The average molecular weight is 270 g/mol. The summed E-state index contributed by atoms with van der Waals surface area (Å²) in [5, 5.41) is 7.86. The molecule has 2 aromatic rings. The van der Waals surface area contributed by atoms with Crippen LogP contribution < -0.4 is 4.74 Å². The van der Waals surface area contributed by atoms with Gasteiger partial charge in [0, 0.05) is 11.1 Å². The maximum absolute atomic E-state index is 12.0. The first-order valence-electron chi connectivity index (χ1n) is 6.13. The Morgan fingerprint density at radius 1 is 1.00 bits per heavy atom. The third-order valence-electron chi connectivity index (χ3n) is 2.39. The molecular weight excluding hydrogens is 252 g/mol. The minimum Gasteiger partial charge on any atom is -0.513 e. The fraction of sp³-hybridized carbons (Fsp3) is 0.118. The van der Waals surface area contributed by atoms with Crippen molar-refractivity contribution < 1.29 is 14.6 Å². The molecule has 0 unspecified atom stereocenters. The molecule has 3 heteroatoms. The van der Waals surface area contributed by atoms with Crippen LogP contribution in [0.1, 0.15) is 22.8 Å². The summed E-state index contributed by atoms with van der Waals surface area (Å²) in [6, 6.07) is 16.4. The standard InChI is InChI=1S/C14H12O2.C3H6O/c1-16-13-9-7-12(8-10-13)14(15)11-5-3-2-4-6-11;1-3(2)4/h2-10H,1H3;4H,1H2,2H3. The summed E-state index contributed by atoms with van der Waals surface area (Å²) in [6.45, 7) is 4.64. The van der Waals surface area contributed by atoms with Gasteiger partial charge in [0.2, 0.25) is 0 Å². The van der Waals surface area contributed by atoms with Gasteiger partial charge >= 0.3 is 0 Å². The lowest BCUT2D eigenvalue weighted by molar-refractivity contribution is 0.103. The number of ether oxygens (including phenoxy) is 1. The molecular formula is C17H18O3. The Bertz CT molecular complexity index is 553. The predicted molar refractivity (Wildman–Crippen MR) is 80.3 cm³/mol. The number of carbonyl (C=O) groups is 1. The smallest absolute Gasteiger partial charge is 0.193 e. The van der Waals surface area contributed by atoms with Crippen molar-refractivity contribution in [3.8, 4) is 5.75 Å². The van der Waals surface area contributed by atoms with Crippen molar-refractivity contribution in [2.75, 3.05) is 7.11 Å². The van der Waals surface area contributed by atoms with Crippen LogP contribution in [-0.2, 0) is 0 Å². The van der Waals surface area contributed by atoms with Gasteiger partial charge in [-0.3, -0.25) is 4.79 Å². The highest BCUT2D eigenvalue weighted by atomic mass is 16.5. The Hall–Kier alpha value is -2.55. The lowest BCUT2D eigenvalue weighted by Gasteiger charge is -2.02. The Labute approximate surface area is 119 Å². The summed E-state index contributed by atoms with van der Waals surface area (Å²) < 4.78 is 5.04. The van der Waals surface area contributed by atoms with Gasteiger partial charge in [0.05, 0.1) is 12.9 Å². The first-order chi connectivity index (χ1) is 9.54. The number of hydrogen-bond donors (Lipinski definition) is 1. The van der Waals surface area contributed by atoms with Crippen LogP contribution in [0.5, 0.6) is 5.75 Å². The van der Waals surface area contributed by atoms with Gasteiger partial charge < -0.3 is 9.84 Å². The van der Waals surface area contributed by atoms with Crippen LogP contribution in [0.3, 0.4) is 0 Å². The van der Waals surface area contributed by atoms with E-state index in [0.29, 0.717) is 11.1 Å². The van der Waals surface area contributed by atoms with E-state index in [9.17, 15) is 4.79 Å². The third-order valence-corrected chi connectivity index (χ3v) is 2.39. The number of aliphatic hydroxyl groups excluding tert-OH is 1. The second kappa shape index (κ2) is 7.79. The molecule has 20 heavy (non-hydrogen) atoms. The highest BCUT2D eigenvalue weighted by Crippen LogP contribution is 2.14. The molecule has 0 aliphatic rings. The number of methoxy groups -OCH3 is 1. The van der Waals surface area contributed by atoms with Gasteiger partial charge in [-0.2, -0.15) is 0 Å². The molecule has 0 aliphatic heterocycles. The maximum Gasteiger partial charge on any atom is 0.193 e. The topological polar surface area (TPSA) is 46.5 Å². The van der Waals surface area contributed by atoms with E-state index < -0.39 is 0 Å². The van der Waals surface area contributed by atoms with E-state index in [1.807, 2.05) is 30.3 Å². The lowest BCUT2D eigenvalue weighted by atomic mass is 10.0. The van der Waals surface area contributed by atoms with E-state index in [1.54, 1.807) is 31.4 Å². The minimum atomic E-state index is 0.0308. The average Bonchev–Trinajstić information content (AvgIpc) is 2.47. The molecule has 0 aliphatic carbocycles. The van der Waals surface area contributed by atoms with Gasteiger partial charge in [0.15, 0.2) is 5.78 Å². The first-order valence-corrected chi connectivity index (χ1v) is 6.13. The summed E-state index contributed by atoms with van der Waals surface area (Å²) in [7, 11) is 1.61. The quantitative estimate of drug-likeness (QED) is 0.677. The van der Waals surface area contributed by atoms with E-state index in [4.69, 9.17) is 9.84 Å². The molecule has 0 bridgehead atoms. The molecule has 0 amide bonds. The number of ketones is 1. The molecule has 0 saturated carbocycles. The molecule has 0 spiro atoms. The third kappa shape index (κ3) is 4.98. The van der Waals surface area contributed by atoms with Crippen LogP contribution >= 0.6 is 0 Å². The molecule has 3 nitrogen and oxygen atoms in total. The van der Waals surface area contributed by atoms with E-state index in [1.165, 1.54) is 6.92 Å². The van der Waals surface area contributed by atoms with Gasteiger partial charge in [0.1, 0.15) is 5.75 Å². The Balaban J connectivity index is 0.000000444. The predicted octanol–water partition coefficient (Wildman–Crippen LogP) is 4.00. The van der Waals surface area contributed by atoms with Crippen LogP contribution in [0.25, 0.3) is 0 Å². The number of allylic oxidation sites excluding steroid dienone is 1. The molecule has 0 fully saturated rings. The summed E-state index contributed by atoms with van der Waals surface area (Å²) in [5.41, 5.74) is 1.37. The highest BCUT2D eigenvalue weighted by molar-refractivity contribution is 6.08. The van der Waals surface area contributed by atoms with Gasteiger partial charge in [-0.1, -0.05) is 36.9 Å². The molecule has 2 aromatic carbocycles. The molecule has 2 rings (SSSR count). The van der Waals surface area contributed by atoms with E-state index in [-0.39, 0.29) is 11.5 Å². The van der Waals surface area contributed by atoms with Crippen molar-refractivity contribution >= 4 is 5.78 Å². The zero-order chi connectivity index (χ0) is 15.0. The van der Waals surface area contributed by atoms with Crippen LogP contribution in [0.4, 0.5) is 0 Å². The number of benzene rings is 2. The minimum absolute atomic E-state index is 0.0308. The van der Waals surface area contributed by atoms with Crippen LogP contribution in [0.2, 0.25) is 0 Å². The SMILES string of the molecule is C=C(C)O.COc1ccc(C(=O)c2ccccc2)cc1. The zero-order valence-corrected chi connectivity index (χ0v) is 11.7. The van der Waals surface area contributed by atoms with Crippen molar-refractivity contribution in [2.45, 2.75) is 6.92 Å². The first kappa shape index (κ1) is 15.5. The Morgan fingerprint density at radius 3 is 1.90 bits per heavy atom. The molecule has 0 heterocycles. The Kier molecular flexibility index (Phi) is 6.04. The van der Waals surface area contributed by atoms with Gasteiger partial charge in [0.25, 0.3) is 0 Å². The molecule has 0 atom stereocenters. The normalized spacial score (nSPS) is 9.10. The number of rotatable bonds is 3. The van der Waals surface area contributed by atoms with Crippen LogP contribution in [-0.4, -0.2) is 18.0 Å². The van der Waals surface area contributed by atoms with Crippen LogP contribution in [0.15, 0.2) is 66.9 Å². The van der Waals surface area contributed by atoms with E-state index >= 15 is 0 Å². The lowest BCUT2D eigenvalue weighted by Crippen LogP contribution is -2.00. The second-order valence-electron chi connectivity index (χ2n) is 4.16. The van der Waals surface area contributed by atoms with Crippen LogP contribution in [0, 0.1) is 0 Å².